The summed E-state index contributed by atoms with van der Waals surface area (Å²) in [7, 11) is 0. The Hall–Kier alpha value is -2.87. The fraction of sp³-hybridized carbons (Fsp3) is 0.391. The van der Waals surface area contributed by atoms with Gasteiger partial charge in [0.25, 0.3) is 0 Å². The number of hydrogen-bond acceptors (Lipinski definition) is 4. The molecular weight excluding hydrogens is 409 g/mol. The van der Waals surface area contributed by atoms with Gasteiger partial charge in [-0.05, 0) is 48.6 Å². The molecule has 0 saturated heterocycles. The van der Waals surface area contributed by atoms with E-state index < -0.39 is 30.0 Å². The Labute approximate surface area is 177 Å². The first-order valence-corrected chi connectivity index (χ1v) is 10.3. The van der Waals surface area contributed by atoms with Gasteiger partial charge in [-0.3, -0.25) is 4.98 Å². The summed E-state index contributed by atoms with van der Waals surface area (Å²) in [5, 5.41) is 20.5. The Bertz CT molecular complexity index is 988. The number of aliphatic hydroxyl groups is 1. The van der Waals surface area contributed by atoms with Gasteiger partial charge >= 0.3 is 12.1 Å². The van der Waals surface area contributed by atoms with Crippen LogP contribution in [0.15, 0.2) is 48.7 Å². The number of fused-ring (bicyclic) bond motifs is 1. The zero-order chi connectivity index (χ0) is 22.2. The molecule has 2 N–H and O–H groups in total. The van der Waals surface area contributed by atoms with Crippen LogP contribution in [0.2, 0.25) is 0 Å². The summed E-state index contributed by atoms with van der Waals surface area (Å²) >= 11 is 0. The maximum atomic E-state index is 12.8. The minimum absolute atomic E-state index is 0.257. The summed E-state index contributed by atoms with van der Waals surface area (Å²) in [6.07, 6.45) is 1.11. The quantitative estimate of drug-likeness (QED) is 0.754. The van der Waals surface area contributed by atoms with Crippen molar-refractivity contribution < 1.29 is 28.2 Å². The second-order valence-corrected chi connectivity index (χ2v) is 8.04. The van der Waals surface area contributed by atoms with Crippen LogP contribution in [-0.2, 0) is 17.4 Å². The Morgan fingerprint density at radius 2 is 1.87 bits per heavy atom. The monoisotopic (exact) mass is 432 g/mol. The first-order valence-electron chi connectivity index (χ1n) is 10.3. The van der Waals surface area contributed by atoms with E-state index in [9.17, 15) is 28.2 Å². The molecule has 3 atom stereocenters. The molecule has 1 aliphatic carbocycles. The zero-order valence-corrected chi connectivity index (χ0v) is 16.7. The molecule has 0 spiro atoms. The van der Waals surface area contributed by atoms with Crippen molar-refractivity contribution in [3.05, 3.63) is 65.5 Å². The molecule has 1 saturated carbocycles. The van der Waals surface area contributed by atoms with E-state index in [4.69, 9.17) is 0 Å². The number of halogens is 3. The van der Waals surface area contributed by atoms with Crippen LogP contribution in [0.3, 0.4) is 0 Å². The molecule has 0 bridgehead atoms. The van der Waals surface area contributed by atoms with Crippen LogP contribution in [0.4, 0.5) is 18.9 Å². The molecule has 8 heteroatoms. The van der Waals surface area contributed by atoms with Crippen molar-refractivity contribution in [2.75, 3.05) is 4.90 Å². The van der Waals surface area contributed by atoms with Crippen LogP contribution < -0.4 is 4.90 Å². The van der Waals surface area contributed by atoms with Crippen molar-refractivity contribution in [3.8, 4) is 0 Å². The predicted molar refractivity (Wildman–Crippen MR) is 110 cm³/mol. The molecular formula is C23H23F3N2O3. The Morgan fingerprint density at radius 3 is 2.52 bits per heavy atom. The molecule has 1 aromatic carbocycles. The fourth-order valence-corrected chi connectivity index (χ4v) is 4.54. The number of aliphatic carboxylic acids is 1. The highest BCUT2D eigenvalue weighted by molar-refractivity contribution is 5.91. The summed E-state index contributed by atoms with van der Waals surface area (Å²) in [5.74, 6) is -1.03. The SMILES string of the molecule is O=C(O)C1C=C(Cc2ccc(C(F)(F)F)nc2)c2ccccc2N1[C@H]1CCCC[C@@H]1O. The highest BCUT2D eigenvalue weighted by atomic mass is 19.4. The molecule has 1 aromatic heterocycles. The van der Waals surface area contributed by atoms with Crippen molar-refractivity contribution in [2.24, 2.45) is 0 Å². The van der Waals surface area contributed by atoms with Crippen molar-refractivity contribution in [3.63, 3.8) is 0 Å². The lowest BCUT2D eigenvalue weighted by Gasteiger charge is -2.44. The molecule has 5 nitrogen and oxygen atoms in total. The standard InChI is InChI=1S/C23H23F3N2O3/c24-23(25,26)21-10-9-14(13-27-21)11-15-12-19(22(30)31)28(17-6-2-1-5-16(15)17)18-7-3-4-8-20(18)29/h1-2,5-6,9-10,12-13,18-20,29H,3-4,7-8,11H2,(H,30,31)/t18-,19?,20-/m0/s1. The van der Waals surface area contributed by atoms with Gasteiger partial charge < -0.3 is 15.1 Å². The molecule has 0 radical (unpaired) electrons. The number of rotatable bonds is 4. The van der Waals surface area contributed by atoms with Gasteiger partial charge in [0.1, 0.15) is 11.7 Å². The minimum atomic E-state index is -4.51. The van der Waals surface area contributed by atoms with Crippen molar-refractivity contribution in [1.29, 1.82) is 0 Å². The Morgan fingerprint density at radius 1 is 1.13 bits per heavy atom. The summed E-state index contributed by atoms with van der Waals surface area (Å²) in [5.41, 5.74) is 1.85. The van der Waals surface area contributed by atoms with E-state index >= 15 is 0 Å². The number of carboxylic acid groups (broad SMARTS) is 1. The third-order valence-electron chi connectivity index (χ3n) is 6.00. The largest absolute Gasteiger partial charge is 0.479 e. The Balaban J connectivity index is 1.70. The van der Waals surface area contributed by atoms with Gasteiger partial charge in [-0.15, -0.1) is 0 Å². The maximum absolute atomic E-state index is 12.8. The number of aromatic nitrogens is 1. The number of aliphatic hydroxyl groups excluding tert-OH is 1. The van der Waals surface area contributed by atoms with Gasteiger partial charge in [0.15, 0.2) is 0 Å². The molecule has 2 aromatic rings. The molecule has 1 fully saturated rings. The second-order valence-electron chi connectivity index (χ2n) is 8.04. The van der Waals surface area contributed by atoms with Crippen LogP contribution in [0.5, 0.6) is 0 Å². The zero-order valence-electron chi connectivity index (χ0n) is 16.7. The van der Waals surface area contributed by atoms with Gasteiger partial charge in [-0.1, -0.05) is 37.1 Å². The van der Waals surface area contributed by atoms with Gasteiger partial charge in [0, 0.05) is 17.4 Å². The van der Waals surface area contributed by atoms with Gasteiger partial charge in [-0.2, -0.15) is 13.2 Å². The number of carbonyl (C=O) groups is 1. The number of benzene rings is 1. The van der Waals surface area contributed by atoms with E-state index in [0.717, 1.165) is 30.2 Å². The normalized spacial score (nSPS) is 23.8. The number of carboxylic acids is 1. The number of anilines is 1. The van der Waals surface area contributed by atoms with Crippen molar-refractivity contribution in [2.45, 2.75) is 56.5 Å². The number of nitrogens with zero attached hydrogens (tertiary/aromatic N) is 2. The highest BCUT2D eigenvalue weighted by Gasteiger charge is 2.39. The van der Waals surface area contributed by atoms with E-state index in [1.165, 1.54) is 12.3 Å². The third kappa shape index (κ3) is 4.30. The summed E-state index contributed by atoms with van der Waals surface area (Å²) in [4.78, 5) is 17.5. The van der Waals surface area contributed by atoms with Gasteiger partial charge in [0.2, 0.25) is 0 Å². The average molecular weight is 432 g/mol. The Kier molecular flexibility index (Phi) is 5.75. The first kappa shape index (κ1) is 21.4. The van der Waals surface area contributed by atoms with E-state index in [1.54, 1.807) is 11.0 Å². The first-order chi connectivity index (χ1) is 14.8. The van der Waals surface area contributed by atoms with Crippen LogP contribution in [0, 0.1) is 0 Å². The van der Waals surface area contributed by atoms with Crippen LogP contribution >= 0.6 is 0 Å². The number of allylic oxidation sites excluding steroid dienone is 1. The van der Waals surface area contributed by atoms with Gasteiger partial charge in [-0.25, -0.2) is 4.79 Å². The van der Waals surface area contributed by atoms with Crippen LogP contribution in [0.1, 0.15) is 42.5 Å². The van der Waals surface area contributed by atoms with Gasteiger partial charge in [0.05, 0.1) is 12.1 Å². The highest BCUT2D eigenvalue weighted by Crippen LogP contribution is 2.40. The minimum Gasteiger partial charge on any atom is -0.479 e. The van der Waals surface area contributed by atoms with E-state index in [2.05, 4.69) is 4.98 Å². The molecule has 4 rings (SSSR count). The molecule has 164 valence electrons. The molecule has 1 unspecified atom stereocenters. The predicted octanol–water partition coefficient (Wildman–Crippen LogP) is 4.30. The lowest BCUT2D eigenvalue weighted by molar-refractivity contribution is -0.141. The lowest BCUT2D eigenvalue weighted by atomic mass is 9.85. The lowest BCUT2D eigenvalue weighted by Crippen LogP contribution is -2.54. The third-order valence-corrected chi connectivity index (χ3v) is 6.00. The number of hydrogen-bond donors (Lipinski definition) is 2. The van der Waals surface area contributed by atoms with E-state index in [-0.39, 0.29) is 12.5 Å². The smallest absolute Gasteiger partial charge is 0.433 e. The fourth-order valence-electron chi connectivity index (χ4n) is 4.54. The van der Waals surface area contributed by atoms with Crippen molar-refractivity contribution >= 4 is 17.2 Å². The molecule has 2 heterocycles. The second kappa shape index (κ2) is 8.34. The average Bonchev–Trinajstić information content (AvgIpc) is 2.74. The molecule has 0 amide bonds. The summed E-state index contributed by atoms with van der Waals surface area (Å²) in [6, 6.07) is 8.41. The number of pyridine rings is 1. The number of alkyl halides is 3. The van der Waals surface area contributed by atoms with Crippen molar-refractivity contribution in [1.82, 2.24) is 4.98 Å². The van der Waals surface area contributed by atoms with Crippen LogP contribution in [-0.4, -0.2) is 39.4 Å². The number of para-hydroxylation sites is 1. The van der Waals surface area contributed by atoms with E-state index in [0.29, 0.717) is 24.0 Å². The topological polar surface area (TPSA) is 73.7 Å². The van der Waals surface area contributed by atoms with E-state index in [1.807, 2.05) is 24.3 Å². The molecule has 2 aliphatic rings. The summed E-state index contributed by atoms with van der Waals surface area (Å²) in [6.45, 7) is 0. The molecule has 1 aliphatic heterocycles. The van der Waals surface area contributed by atoms with Crippen LogP contribution in [0.25, 0.3) is 5.57 Å². The summed E-state index contributed by atoms with van der Waals surface area (Å²) < 4.78 is 38.4. The maximum Gasteiger partial charge on any atom is 0.433 e. The molecule has 31 heavy (non-hydrogen) atoms.